The van der Waals surface area contributed by atoms with E-state index in [1.165, 1.54) is 0 Å². The van der Waals surface area contributed by atoms with Crippen molar-refractivity contribution in [2.24, 2.45) is 5.92 Å². The van der Waals surface area contributed by atoms with Crippen LogP contribution in [0, 0.1) is 12.8 Å². The molecular formula is C19H24O. The van der Waals surface area contributed by atoms with Gasteiger partial charge in [-0.1, -0.05) is 63.1 Å². The summed E-state index contributed by atoms with van der Waals surface area (Å²) in [5.74, 6) is 0.495. The Balaban J connectivity index is 2.45. The van der Waals surface area contributed by atoms with E-state index in [0.717, 1.165) is 47.6 Å². The molecule has 0 aliphatic carbocycles. The van der Waals surface area contributed by atoms with E-state index >= 15 is 0 Å². The van der Waals surface area contributed by atoms with Crippen LogP contribution in [0.25, 0.3) is 10.8 Å². The number of Topliss-reactive ketones (excluding diaryl/α,β-unsaturated/α-hetero) is 1. The van der Waals surface area contributed by atoms with Crippen LogP contribution in [-0.2, 0) is 0 Å². The van der Waals surface area contributed by atoms with E-state index in [1.807, 2.05) is 19.1 Å². The average Bonchev–Trinajstić information content (AvgIpc) is 2.47. The molecule has 1 nitrogen and oxygen atoms in total. The first-order chi connectivity index (χ1) is 9.69. The second kappa shape index (κ2) is 6.69. The molecule has 0 aromatic heterocycles. The Kier molecular flexibility index (Phi) is 4.94. The molecular weight excluding hydrogens is 244 g/mol. The van der Waals surface area contributed by atoms with Crippen molar-refractivity contribution < 1.29 is 4.79 Å². The number of carbonyl (C=O) groups is 1. The molecule has 0 aliphatic heterocycles. The smallest absolute Gasteiger partial charge is 0.166 e. The van der Waals surface area contributed by atoms with Gasteiger partial charge in [0, 0.05) is 11.5 Å². The fourth-order valence-electron chi connectivity index (χ4n) is 2.88. The highest BCUT2D eigenvalue weighted by molar-refractivity contribution is 6.10. The minimum absolute atomic E-state index is 0.166. The van der Waals surface area contributed by atoms with Crippen molar-refractivity contribution in [3.05, 3.63) is 47.5 Å². The maximum Gasteiger partial charge on any atom is 0.166 e. The van der Waals surface area contributed by atoms with Crippen LogP contribution in [0.2, 0.25) is 0 Å². The van der Waals surface area contributed by atoms with Gasteiger partial charge in [0.25, 0.3) is 0 Å². The summed E-state index contributed by atoms with van der Waals surface area (Å²) >= 11 is 0. The number of hydrogen-bond acceptors (Lipinski definition) is 1. The summed E-state index contributed by atoms with van der Waals surface area (Å²) in [4.78, 5) is 12.9. The molecule has 0 radical (unpaired) electrons. The van der Waals surface area contributed by atoms with Crippen molar-refractivity contribution in [3.8, 4) is 0 Å². The monoisotopic (exact) mass is 268 g/mol. The van der Waals surface area contributed by atoms with Crippen LogP contribution in [-0.4, -0.2) is 5.78 Å². The largest absolute Gasteiger partial charge is 0.294 e. The third-order valence-electron chi connectivity index (χ3n) is 4.15. The van der Waals surface area contributed by atoms with Gasteiger partial charge >= 0.3 is 0 Å². The summed E-state index contributed by atoms with van der Waals surface area (Å²) in [6.45, 7) is 6.35. The molecule has 106 valence electrons. The van der Waals surface area contributed by atoms with E-state index in [1.54, 1.807) is 0 Å². The van der Waals surface area contributed by atoms with Crippen molar-refractivity contribution in [3.63, 3.8) is 0 Å². The molecule has 0 saturated heterocycles. The summed E-state index contributed by atoms with van der Waals surface area (Å²) in [6, 6.07) is 12.4. The Bertz CT molecular complexity index is 598. The van der Waals surface area contributed by atoms with Crippen LogP contribution in [0.5, 0.6) is 0 Å². The number of fused-ring (bicyclic) bond motifs is 1. The Morgan fingerprint density at radius 2 is 1.85 bits per heavy atom. The maximum atomic E-state index is 12.9. The molecule has 2 rings (SSSR count). The summed E-state index contributed by atoms with van der Waals surface area (Å²) in [5, 5.41) is 2.26. The van der Waals surface area contributed by atoms with Crippen molar-refractivity contribution in [2.75, 3.05) is 0 Å². The Morgan fingerprint density at radius 1 is 1.10 bits per heavy atom. The topological polar surface area (TPSA) is 17.1 Å². The third-order valence-corrected chi connectivity index (χ3v) is 4.15. The van der Waals surface area contributed by atoms with E-state index < -0.39 is 0 Å². The molecule has 2 aromatic carbocycles. The third kappa shape index (κ3) is 2.92. The predicted molar refractivity (Wildman–Crippen MR) is 86.3 cm³/mol. The lowest BCUT2D eigenvalue weighted by atomic mass is 9.86. The Morgan fingerprint density at radius 3 is 2.55 bits per heavy atom. The highest BCUT2D eigenvalue weighted by Gasteiger charge is 2.21. The summed E-state index contributed by atoms with van der Waals surface area (Å²) in [7, 11) is 0. The minimum Gasteiger partial charge on any atom is -0.294 e. The van der Waals surface area contributed by atoms with Gasteiger partial charge in [0.2, 0.25) is 0 Å². The Hall–Kier alpha value is -1.63. The molecule has 1 heteroatoms. The number of carbonyl (C=O) groups excluding carboxylic acids is 1. The minimum atomic E-state index is 0.166. The molecule has 2 aromatic rings. The van der Waals surface area contributed by atoms with Crippen molar-refractivity contribution in [1.82, 2.24) is 0 Å². The van der Waals surface area contributed by atoms with Gasteiger partial charge in [0.1, 0.15) is 0 Å². The fourth-order valence-corrected chi connectivity index (χ4v) is 2.88. The molecule has 0 heterocycles. The number of hydrogen-bond donors (Lipinski definition) is 0. The van der Waals surface area contributed by atoms with Gasteiger partial charge in [-0.15, -0.1) is 0 Å². The predicted octanol–water partition coefficient (Wildman–Crippen LogP) is 5.55. The maximum absolute atomic E-state index is 12.9. The molecule has 0 fully saturated rings. The zero-order valence-corrected chi connectivity index (χ0v) is 12.8. The lowest BCUT2D eigenvalue weighted by Crippen LogP contribution is -2.15. The SMILES string of the molecule is CCCCC(CC)C(=O)c1c(C)ccc2ccccc12. The molecule has 0 amide bonds. The number of rotatable bonds is 6. The van der Waals surface area contributed by atoms with Gasteiger partial charge in [0.05, 0.1) is 0 Å². The lowest BCUT2D eigenvalue weighted by Gasteiger charge is -2.16. The first-order valence-corrected chi connectivity index (χ1v) is 7.71. The summed E-state index contributed by atoms with van der Waals surface area (Å²) in [5.41, 5.74) is 2.04. The van der Waals surface area contributed by atoms with E-state index in [4.69, 9.17) is 0 Å². The summed E-state index contributed by atoms with van der Waals surface area (Å²) in [6.07, 6.45) is 4.22. The first kappa shape index (κ1) is 14.8. The number of aryl methyl sites for hydroxylation is 1. The van der Waals surface area contributed by atoms with Gasteiger partial charge in [0.15, 0.2) is 5.78 Å². The van der Waals surface area contributed by atoms with Gasteiger partial charge in [-0.25, -0.2) is 0 Å². The van der Waals surface area contributed by atoms with E-state index in [9.17, 15) is 4.79 Å². The average molecular weight is 268 g/mol. The quantitative estimate of drug-likeness (QED) is 0.628. The zero-order chi connectivity index (χ0) is 14.5. The van der Waals surface area contributed by atoms with E-state index in [2.05, 4.69) is 38.1 Å². The van der Waals surface area contributed by atoms with Gasteiger partial charge in [-0.2, -0.15) is 0 Å². The van der Waals surface area contributed by atoms with E-state index in [-0.39, 0.29) is 5.92 Å². The van der Waals surface area contributed by atoms with Crippen LogP contribution in [0.3, 0.4) is 0 Å². The van der Waals surface area contributed by atoms with Gasteiger partial charge < -0.3 is 0 Å². The normalized spacial score (nSPS) is 12.6. The van der Waals surface area contributed by atoms with Crippen molar-refractivity contribution in [2.45, 2.75) is 46.5 Å². The second-order valence-corrected chi connectivity index (χ2v) is 5.59. The molecule has 1 atom stereocenters. The van der Waals surface area contributed by atoms with Crippen molar-refractivity contribution in [1.29, 1.82) is 0 Å². The highest BCUT2D eigenvalue weighted by atomic mass is 16.1. The van der Waals surface area contributed by atoms with Crippen LogP contribution in [0.4, 0.5) is 0 Å². The first-order valence-electron chi connectivity index (χ1n) is 7.71. The van der Waals surface area contributed by atoms with Gasteiger partial charge in [-0.05, 0) is 36.1 Å². The van der Waals surface area contributed by atoms with E-state index in [0.29, 0.717) is 5.78 Å². The number of ketones is 1. The second-order valence-electron chi connectivity index (χ2n) is 5.59. The Labute approximate surface area is 122 Å². The molecule has 0 saturated carbocycles. The number of benzene rings is 2. The van der Waals surface area contributed by atoms with Crippen molar-refractivity contribution >= 4 is 16.6 Å². The molecule has 0 spiro atoms. The lowest BCUT2D eigenvalue weighted by molar-refractivity contribution is 0.0909. The highest BCUT2D eigenvalue weighted by Crippen LogP contribution is 2.27. The molecule has 0 bridgehead atoms. The summed E-state index contributed by atoms with van der Waals surface area (Å²) < 4.78 is 0. The molecule has 0 N–H and O–H groups in total. The zero-order valence-electron chi connectivity index (χ0n) is 12.8. The van der Waals surface area contributed by atoms with Crippen LogP contribution < -0.4 is 0 Å². The molecule has 1 unspecified atom stereocenters. The van der Waals surface area contributed by atoms with Crippen LogP contribution >= 0.6 is 0 Å². The number of unbranched alkanes of at least 4 members (excludes halogenated alkanes) is 1. The molecule has 20 heavy (non-hydrogen) atoms. The fraction of sp³-hybridized carbons (Fsp3) is 0.421. The molecule has 0 aliphatic rings. The standard InChI is InChI=1S/C19H24O/c1-4-6-9-15(5-2)19(20)18-14(3)12-13-16-10-7-8-11-17(16)18/h7-8,10-13,15H,4-6,9H2,1-3H3. The van der Waals surface area contributed by atoms with Gasteiger partial charge in [-0.3, -0.25) is 4.79 Å². The van der Waals surface area contributed by atoms with Crippen LogP contribution in [0.1, 0.15) is 55.5 Å². The van der Waals surface area contributed by atoms with Crippen LogP contribution in [0.15, 0.2) is 36.4 Å².